The largest absolute Gasteiger partial charge is 0.349 e. The molecule has 1 heterocycles. The molecule has 1 aliphatic heterocycles. The number of nitrogens with two attached hydrogens (primary N) is 1. The van der Waals surface area contributed by atoms with Crippen LogP contribution in [0.1, 0.15) is 27.0 Å². The average molecular weight is 508 g/mol. The molecule has 1 fully saturated rings. The minimum atomic E-state index is -1.33. The highest BCUT2D eigenvalue weighted by Crippen LogP contribution is 2.22. The van der Waals surface area contributed by atoms with Crippen molar-refractivity contribution in [2.75, 3.05) is 18.4 Å². The van der Waals surface area contributed by atoms with E-state index in [4.69, 9.17) is 5.73 Å². The Labute approximate surface area is 213 Å². The summed E-state index contributed by atoms with van der Waals surface area (Å²) in [7, 11) is 0. The summed E-state index contributed by atoms with van der Waals surface area (Å²) in [5, 5.41) is 5.52. The van der Waals surface area contributed by atoms with E-state index < -0.39 is 35.6 Å². The van der Waals surface area contributed by atoms with Crippen molar-refractivity contribution in [3.63, 3.8) is 0 Å². The summed E-state index contributed by atoms with van der Waals surface area (Å²) in [6.45, 7) is 2.39. The summed E-state index contributed by atoms with van der Waals surface area (Å²) in [4.78, 5) is 42.1. The number of rotatable bonds is 6. The molecule has 4 amide bonds. The number of carbonyl (C=O) groups is 3. The number of hydrogen-bond donors (Lipinski definition) is 3. The maximum absolute atomic E-state index is 13.8. The lowest BCUT2D eigenvalue weighted by molar-refractivity contribution is -0.128. The second kappa shape index (κ2) is 11.2. The molecule has 10 heteroatoms. The van der Waals surface area contributed by atoms with Gasteiger partial charge < -0.3 is 21.3 Å². The number of hydrogen-bond acceptors (Lipinski definition) is 4. The van der Waals surface area contributed by atoms with Gasteiger partial charge >= 0.3 is 6.03 Å². The molecule has 0 saturated carbocycles. The molecular formula is C27H27F2N5O3. The van der Waals surface area contributed by atoms with Gasteiger partial charge in [0.1, 0.15) is 11.6 Å². The number of nitrogens with one attached hydrogen (secondary N) is 2. The second-order valence-corrected chi connectivity index (χ2v) is 8.77. The minimum absolute atomic E-state index is 0.00104. The molecule has 0 radical (unpaired) electrons. The van der Waals surface area contributed by atoms with Crippen LogP contribution in [0.3, 0.4) is 0 Å². The lowest BCUT2D eigenvalue weighted by Gasteiger charge is -2.29. The van der Waals surface area contributed by atoms with Crippen LogP contribution in [-0.2, 0) is 17.9 Å². The monoisotopic (exact) mass is 507 g/mol. The Balaban J connectivity index is 1.59. The molecule has 0 aromatic heterocycles. The predicted octanol–water partition coefficient (Wildman–Crippen LogP) is 3.36. The molecule has 4 rings (SSSR count). The zero-order valence-corrected chi connectivity index (χ0v) is 20.2. The Bertz CT molecular complexity index is 1310. The number of amides is 4. The molecule has 1 aliphatic rings. The van der Waals surface area contributed by atoms with E-state index >= 15 is 0 Å². The molecular weight excluding hydrogens is 480 g/mol. The van der Waals surface area contributed by atoms with Crippen molar-refractivity contribution in [3.05, 3.63) is 101 Å². The van der Waals surface area contributed by atoms with E-state index in [1.54, 1.807) is 18.2 Å². The molecule has 37 heavy (non-hydrogen) atoms. The molecule has 1 saturated heterocycles. The fourth-order valence-electron chi connectivity index (χ4n) is 4.24. The first kappa shape index (κ1) is 25.8. The van der Waals surface area contributed by atoms with Crippen molar-refractivity contribution in [2.24, 2.45) is 5.73 Å². The van der Waals surface area contributed by atoms with Crippen LogP contribution in [0.5, 0.6) is 0 Å². The lowest BCUT2D eigenvalue weighted by Crippen LogP contribution is -2.54. The van der Waals surface area contributed by atoms with Crippen molar-refractivity contribution < 1.29 is 23.2 Å². The van der Waals surface area contributed by atoms with E-state index in [1.165, 1.54) is 4.90 Å². The normalized spacial score (nSPS) is 15.0. The van der Waals surface area contributed by atoms with E-state index in [0.29, 0.717) is 18.3 Å². The number of carbonyl (C=O) groups excluding carboxylic acids is 3. The summed E-state index contributed by atoms with van der Waals surface area (Å²) >= 11 is 0. The van der Waals surface area contributed by atoms with Gasteiger partial charge in [-0.1, -0.05) is 36.4 Å². The van der Waals surface area contributed by atoms with Crippen molar-refractivity contribution in [1.82, 2.24) is 15.1 Å². The summed E-state index contributed by atoms with van der Waals surface area (Å²) < 4.78 is 27.6. The molecule has 0 spiro atoms. The van der Waals surface area contributed by atoms with Crippen LogP contribution in [0.25, 0.3) is 0 Å². The molecule has 3 aromatic rings. The summed E-state index contributed by atoms with van der Waals surface area (Å²) in [5.74, 6) is -3.22. The zero-order chi connectivity index (χ0) is 26.5. The van der Waals surface area contributed by atoms with Gasteiger partial charge in [0.25, 0.3) is 11.8 Å². The van der Waals surface area contributed by atoms with Crippen molar-refractivity contribution in [2.45, 2.75) is 26.2 Å². The van der Waals surface area contributed by atoms with Crippen LogP contribution in [0.15, 0.2) is 66.7 Å². The van der Waals surface area contributed by atoms with Gasteiger partial charge in [-0.15, -0.1) is 0 Å². The van der Waals surface area contributed by atoms with Crippen LogP contribution < -0.4 is 16.4 Å². The Morgan fingerprint density at radius 3 is 2.30 bits per heavy atom. The molecule has 0 bridgehead atoms. The van der Waals surface area contributed by atoms with E-state index in [-0.39, 0.29) is 25.2 Å². The summed E-state index contributed by atoms with van der Waals surface area (Å²) in [5.41, 5.74) is 8.56. The van der Waals surface area contributed by atoms with Gasteiger partial charge in [0.2, 0.25) is 0 Å². The van der Waals surface area contributed by atoms with Gasteiger partial charge in [-0.2, -0.15) is 0 Å². The second-order valence-electron chi connectivity index (χ2n) is 8.77. The maximum Gasteiger partial charge on any atom is 0.323 e. The fourth-order valence-corrected chi connectivity index (χ4v) is 4.24. The topological polar surface area (TPSA) is 108 Å². The Kier molecular flexibility index (Phi) is 7.78. The predicted molar refractivity (Wildman–Crippen MR) is 134 cm³/mol. The quantitative estimate of drug-likeness (QED) is 0.476. The summed E-state index contributed by atoms with van der Waals surface area (Å²) in [6.07, 6.45) is -1.33. The standard InChI is InChI=1S/C27H27F2N5O3/c1-17-4-2-7-23(10-17)32-27(37)34-9-8-33(26(36)20-12-21(28)14-22(29)13-20)25(34)24(35)31-16-19-6-3-5-18(11-19)15-30/h2-7,10-14,25H,8-9,15-16,30H2,1H3,(H,31,35)(H,32,37). The molecule has 0 aliphatic carbocycles. The van der Waals surface area contributed by atoms with E-state index in [1.807, 2.05) is 37.3 Å². The molecule has 4 N–H and O–H groups in total. The van der Waals surface area contributed by atoms with Crippen LogP contribution in [0.2, 0.25) is 0 Å². The van der Waals surface area contributed by atoms with E-state index in [2.05, 4.69) is 10.6 Å². The smallest absolute Gasteiger partial charge is 0.323 e. The SMILES string of the molecule is Cc1cccc(NC(=O)N2CCN(C(=O)c3cc(F)cc(F)c3)C2C(=O)NCc2cccc(CN)c2)c1. The number of aryl methyl sites for hydroxylation is 1. The van der Waals surface area contributed by atoms with E-state index in [9.17, 15) is 23.2 Å². The van der Waals surface area contributed by atoms with Gasteiger partial charge in [-0.05, 0) is 47.9 Å². The van der Waals surface area contributed by atoms with Gasteiger partial charge in [0.15, 0.2) is 6.17 Å². The summed E-state index contributed by atoms with van der Waals surface area (Å²) in [6, 6.07) is 16.3. The van der Waals surface area contributed by atoms with Crippen LogP contribution in [0, 0.1) is 18.6 Å². The maximum atomic E-state index is 13.8. The van der Waals surface area contributed by atoms with Crippen molar-refractivity contribution in [1.29, 1.82) is 0 Å². The van der Waals surface area contributed by atoms with E-state index in [0.717, 1.165) is 33.7 Å². The van der Waals surface area contributed by atoms with Gasteiger partial charge in [0.05, 0.1) is 0 Å². The molecule has 1 atom stereocenters. The fraction of sp³-hybridized carbons (Fsp3) is 0.222. The molecule has 192 valence electrons. The first-order valence-corrected chi connectivity index (χ1v) is 11.7. The first-order valence-electron chi connectivity index (χ1n) is 11.7. The van der Waals surface area contributed by atoms with Crippen molar-refractivity contribution in [3.8, 4) is 0 Å². The Morgan fingerprint density at radius 2 is 1.59 bits per heavy atom. The third-order valence-corrected chi connectivity index (χ3v) is 6.00. The van der Waals surface area contributed by atoms with Crippen molar-refractivity contribution >= 4 is 23.5 Å². The third kappa shape index (κ3) is 6.10. The average Bonchev–Trinajstić information content (AvgIpc) is 3.32. The number of benzene rings is 3. The number of halogens is 2. The minimum Gasteiger partial charge on any atom is -0.349 e. The van der Waals surface area contributed by atoms with Crippen LogP contribution in [-0.4, -0.2) is 46.9 Å². The highest BCUT2D eigenvalue weighted by Gasteiger charge is 2.43. The zero-order valence-electron chi connectivity index (χ0n) is 20.2. The van der Waals surface area contributed by atoms with Crippen LogP contribution >= 0.6 is 0 Å². The number of nitrogens with zero attached hydrogens (tertiary/aromatic N) is 2. The third-order valence-electron chi connectivity index (χ3n) is 6.00. The van der Waals surface area contributed by atoms with Crippen LogP contribution in [0.4, 0.5) is 19.3 Å². The van der Waals surface area contributed by atoms with Gasteiger partial charge in [-0.3, -0.25) is 14.5 Å². The lowest BCUT2D eigenvalue weighted by atomic mass is 10.1. The van der Waals surface area contributed by atoms with Gasteiger partial charge in [-0.25, -0.2) is 13.6 Å². The highest BCUT2D eigenvalue weighted by atomic mass is 19.1. The number of urea groups is 1. The Hall–Kier alpha value is -4.31. The molecule has 1 unspecified atom stereocenters. The molecule has 8 nitrogen and oxygen atoms in total. The number of anilines is 1. The highest BCUT2D eigenvalue weighted by molar-refractivity contribution is 6.00. The Morgan fingerprint density at radius 1 is 0.919 bits per heavy atom. The first-order chi connectivity index (χ1) is 17.7. The molecule has 3 aromatic carbocycles. The van der Waals surface area contributed by atoms with Gasteiger partial charge in [0, 0.05) is 43.5 Å².